The number of carbonyl (C=O) groups excluding carboxylic acids is 1. The lowest BCUT2D eigenvalue weighted by Gasteiger charge is -2.12. The van der Waals surface area contributed by atoms with Crippen molar-refractivity contribution in [2.45, 2.75) is 27.2 Å². The van der Waals surface area contributed by atoms with E-state index in [1.807, 2.05) is 31.7 Å². The van der Waals surface area contributed by atoms with E-state index in [9.17, 15) is 4.79 Å². The smallest absolute Gasteiger partial charge is 0.231 e. The number of benzene rings is 1. The van der Waals surface area contributed by atoms with Gasteiger partial charge in [0.25, 0.3) is 0 Å². The maximum atomic E-state index is 12.1. The van der Waals surface area contributed by atoms with E-state index >= 15 is 0 Å². The van der Waals surface area contributed by atoms with Crippen molar-refractivity contribution in [2.24, 2.45) is 7.05 Å². The molecule has 0 unspecified atom stereocenters. The number of aromatic nitrogens is 2. The molecular formula is C15H19N3O. The van der Waals surface area contributed by atoms with Gasteiger partial charge in [0.1, 0.15) is 5.82 Å². The van der Waals surface area contributed by atoms with Gasteiger partial charge in [-0.15, -0.1) is 0 Å². The minimum atomic E-state index is -0.0376. The topological polar surface area (TPSA) is 46.9 Å². The molecule has 0 fully saturated rings. The molecule has 0 radical (unpaired) electrons. The Hall–Kier alpha value is -2.10. The molecule has 4 nitrogen and oxygen atoms in total. The number of carbonyl (C=O) groups is 1. The molecule has 1 aromatic heterocycles. The SMILES string of the molecule is Cc1cc(C)c(NC(=O)Cc2nccn2C)c(C)c1. The lowest BCUT2D eigenvalue weighted by molar-refractivity contribution is -0.115. The van der Waals surface area contributed by atoms with E-state index in [2.05, 4.69) is 29.4 Å². The van der Waals surface area contributed by atoms with Crippen LogP contribution in [0.15, 0.2) is 24.5 Å². The minimum absolute atomic E-state index is 0.0376. The number of aryl methyl sites for hydroxylation is 4. The monoisotopic (exact) mass is 257 g/mol. The van der Waals surface area contributed by atoms with Crippen LogP contribution in [0.1, 0.15) is 22.5 Å². The molecule has 1 amide bonds. The molecule has 4 heteroatoms. The van der Waals surface area contributed by atoms with Gasteiger partial charge in [0.15, 0.2) is 0 Å². The molecule has 1 N–H and O–H groups in total. The molecule has 0 aliphatic heterocycles. The van der Waals surface area contributed by atoms with Gasteiger partial charge in [0.2, 0.25) is 5.91 Å². The van der Waals surface area contributed by atoms with E-state index in [0.29, 0.717) is 0 Å². The van der Waals surface area contributed by atoms with Gasteiger partial charge in [-0.3, -0.25) is 4.79 Å². The summed E-state index contributed by atoms with van der Waals surface area (Å²) in [5.41, 5.74) is 4.29. The highest BCUT2D eigenvalue weighted by Crippen LogP contribution is 2.22. The average Bonchev–Trinajstić information content (AvgIpc) is 2.69. The van der Waals surface area contributed by atoms with E-state index in [4.69, 9.17) is 0 Å². The summed E-state index contributed by atoms with van der Waals surface area (Å²) in [5, 5.41) is 2.98. The van der Waals surface area contributed by atoms with Gasteiger partial charge >= 0.3 is 0 Å². The Kier molecular flexibility index (Phi) is 3.69. The number of nitrogens with one attached hydrogen (secondary N) is 1. The van der Waals surface area contributed by atoms with Crippen molar-refractivity contribution in [2.75, 3.05) is 5.32 Å². The van der Waals surface area contributed by atoms with Crippen LogP contribution in [0, 0.1) is 20.8 Å². The highest BCUT2D eigenvalue weighted by Gasteiger charge is 2.11. The average molecular weight is 257 g/mol. The third kappa shape index (κ3) is 3.02. The summed E-state index contributed by atoms with van der Waals surface area (Å²) in [6, 6.07) is 4.15. The molecule has 0 aliphatic carbocycles. The van der Waals surface area contributed by atoms with Crippen molar-refractivity contribution in [1.82, 2.24) is 9.55 Å². The Morgan fingerprint density at radius 1 is 1.26 bits per heavy atom. The predicted molar refractivity (Wildman–Crippen MR) is 76.2 cm³/mol. The molecule has 2 aromatic rings. The molecule has 1 heterocycles. The maximum Gasteiger partial charge on any atom is 0.231 e. The van der Waals surface area contributed by atoms with Crippen LogP contribution in [0.25, 0.3) is 0 Å². The van der Waals surface area contributed by atoms with E-state index in [0.717, 1.165) is 22.6 Å². The summed E-state index contributed by atoms with van der Waals surface area (Å²) >= 11 is 0. The van der Waals surface area contributed by atoms with E-state index in [1.165, 1.54) is 5.56 Å². The maximum absolute atomic E-state index is 12.1. The summed E-state index contributed by atoms with van der Waals surface area (Å²) in [7, 11) is 1.89. The van der Waals surface area contributed by atoms with Gasteiger partial charge < -0.3 is 9.88 Å². The normalized spacial score (nSPS) is 10.5. The van der Waals surface area contributed by atoms with Gasteiger partial charge in [-0.1, -0.05) is 17.7 Å². The second-order valence-electron chi connectivity index (χ2n) is 4.95. The third-order valence-corrected chi connectivity index (χ3v) is 3.18. The van der Waals surface area contributed by atoms with Crippen molar-refractivity contribution < 1.29 is 4.79 Å². The zero-order valence-corrected chi connectivity index (χ0v) is 11.8. The van der Waals surface area contributed by atoms with Crippen molar-refractivity contribution in [3.63, 3.8) is 0 Å². The van der Waals surface area contributed by atoms with Gasteiger partial charge in [0, 0.05) is 25.1 Å². The van der Waals surface area contributed by atoms with Gasteiger partial charge in [-0.2, -0.15) is 0 Å². The fourth-order valence-corrected chi connectivity index (χ4v) is 2.27. The molecule has 0 bridgehead atoms. The van der Waals surface area contributed by atoms with E-state index in [1.54, 1.807) is 6.20 Å². The molecule has 0 saturated heterocycles. The van der Waals surface area contributed by atoms with Crippen LogP contribution in [0.2, 0.25) is 0 Å². The first-order valence-corrected chi connectivity index (χ1v) is 6.31. The molecule has 0 aliphatic rings. The quantitative estimate of drug-likeness (QED) is 0.918. The number of anilines is 1. The van der Waals surface area contributed by atoms with Crippen molar-refractivity contribution in [3.05, 3.63) is 47.0 Å². The number of amides is 1. The Morgan fingerprint density at radius 3 is 2.42 bits per heavy atom. The standard InChI is InChI=1S/C15H19N3O/c1-10-7-11(2)15(12(3)8-10)17-14(19)9-13-16-5-6-18(13)4/h5-8H,9H2,1-4H3,(H,17,19). The van der Waals surface area contributed by atoms with Crippen LogP contribution in [-0.4, -0.2) is 15.5 Å². The molecule has 0 spiro atoms. The molecule has 0 saturated carbocycles. The lowest BCUT2D eigenvalue weighted by atomic mass is 10.1. The molecule has 100 valence electrons. The summed E-state index contributed by atoms with van der Waals surface area (Å²) in [6.07, 6.45) is 3.83. The van der Waals surface area contributed by atoms with Crippen LogP contribution in [-0.2, 0) is 18.3 Å². The van der Waals surface area contributed by atoms with Crippen LogP contribution < -0.4 is 5.32 Å². The first-order chi connectivity index (χ1) is 8.97. The summed E-state index contributed by atoms with van der Waals surface area (Å²) in [4.78, 5) is 16.2. The second-order valence-corrected chi connectivity index (χ2v) is 4.95. The lowest BCUT2D eigenvalue weighted by Crippen LogP contribution is -2.18. The zero-order valence-electron chi connectivity index (χ0n) is 11.8. The number of nitrogens with zero attached hydrogens (tertiary/aromatic N) is 2. The van der Waals surface area contributed by atoms with Crippen LogP contribution in [0.5, 0.6) is 0 Å². The number of imidazole rings is 1. The summed E-state index contributed by atoms with van der Waals surface area (Å²) in [5.74, 6) is 0.726. The summed E-state index contributed by atoms with van der Waals surface area (Å²) in [6.45, 7) is 6.08. The third-order valence-electron chi connectivity index (χ3n) is 3.18. The van der Waals surface area contributed by atoms with Gasteiger partial charge in [-0.05, 0) is 31.9 Å². The molecular weight excluding hydrogens is 238 g/mol. The van der Waals surface area contributed by atoms with Crippen molar-refractivity contribution >= 4 is 11.6 Å². The Labute approximate surface area is 113 Å². The second kappa shape index (κ2) is 5.26. The number of hydrogen-bond acceptors (Lipinski definition) is 2. The highest BCUT2D eigenvalue weighted by atomic mass is 16.1. The minimum Gasteiger partial charge on any atom is -0.338 e. The zero-order chi connectivity index (χ0) is 14.0. The van der Waals surface area contributed by atoms with Gasteiger partial charge in [0.05, 0.1) is 6.42 Å². The fraction of sp³-hybridized carbons (Fsp3) is 0.333. The Morgan fingerprint density at radius 2 is 1.89 bits per heavy atom. The first kappa shape index (κ1) is 13.3. The number of hydrogen-bond donors (Lipinski definition) is 1. The summed E-state index contributed by atoms with van der Waals surface area (Å²) < 4.78 is 1.86. The van der Waals surface area contributed by atoms with Crippen molar-refractivity contribution in [3.8, 4) is 0 Å². The Balaban J connectivity index is 2.14. The molecule has 1 aromatic carbocycles. The largest absolute Gasteiger partial charge is 0.338 e. The van der Waals surface area contributed by atoms with E-state index < -0.39 is 0 Å². The number of rotatable bonds is 3. The Bertz CT molecular complexity index is 591. The van der Waals surface area contributed by atoms with Crippen LogP contribution >= 0.6 is 0 Å². The fourth-order valence-electron chi connectivity index (χ4n) is 2.27. The molecule has 0 atom stereocenters. The van der Waals surface area contributed by atoms with Crippen molar-refractivity contribution in [1.29, 1.82) is 0 Å². The van der Waals surface area contributed by atoms with Gasteiger partial charge in [-0.25, -0.2) is 4.98 Å². The molecule has 19 heavy (non-hydrogen) atoms. The highest BCUT2D eigenvalue weighted by molar-refractivity contribution is 5.93. The van der Waals surface area contributed by atoms with Crippen LogP contribution in [0.4, 0.5) is 5.69 Å². The van der Waals surface area contributed by atoms with Crippen LogP contribution in [0.3, 0.4) is 0 Å². The first-order valence-electron chi connectivity index (χ1n) is 6.31. The molecule has 2 rings (SSSR count). The predicted octanol–water partition coefficient (Wildman–Crippen LogP) is 2.53. The van der Waals surface area contributed by atoms with E-state index in [-0.39, 0.29) is 12.3 Å².